The van der Waals surface area contributed by atoms with Crippen LogP contribution in [0.15, 0.2) is 62.5 Å². The summed E-state index contributed by atoms with van der Waals surface area (Å²) in [5, 5.41) is 0.912. The fraction of sp³-hybridized carbons (Fsp3) is 0.190. The molecule has 130 valence electrons. The average Bonchev–Trinajstić information content (AvgIpc) is 2.64. The van der Waals surface area contributed by atoms with Gasteiger partial charge in [0.05, 0.1) is 5.52 Å². The van der Waals surface area contributed by atoms with Crippen LogP contribution in [-0.4, -0.2) is 10.4 Å². The first-order valence-corrected chi connectivity index (χ1v) is 8.47. The highest BCUT2D eigenvalue weighted by atomic mass is 16.3. The number of fused-ring (bicyclic) bond motifs is 2. The quantitative estimate of drug-likeness (QED) is 0.570. The molecule has 5 heteroatoms. The summed E-state index contributed by atoms with van der Waals surface area (Å²) in [6.45, 7) is 3.38. The van der Waals surface area contributed by atoms with E-state index < -0.39 is 0 Å². The maximum Gasteiger partial charge on any atom is 0.231 e. The first-order chi connectivity index (χ1) is 12.5. The van der Waals surface area contributed by atoms with Crippen molar-refractivity contribution in [1.29, 1.82) is 0 Å². The number of nitrogens with zero attached hydrogens (tertiary/aromatic N) is 1. The number of Topliss-reactive ketones (excluding diaryl/α,β-unsaturated/α-hetero) is 1. The summed E-state index contributed by atoms with van der Waals surface area (Å²) in [6, 6.07) is 13.7. The van der Waals surface area contributed by atoms with Gasteiger partial charge in [0.25, 0.3) is 0 Å². The zero-order chi connectivity index (χ0) is 18.4. The molecule has 0 amide bonds. The van der Waals surface area contributed by atoms with Crippen LogP contribution in [0.2, 0.25) is 0 Å². The Morgan fingerprint density at radius 1 is 1.00 bits per heavy atom. The summed E-state index contributed by atoms with van der Waals surface area (Å²) < 4.78 is 7.61. The van der Waals surface area contributed by atoms with Gasteiger partial charge in [-0.3, -0.25) is 14.4 Å². The van der Waals surface area contributed by atoms with Crippen molar-refractivity contribution in [3.63, 3.8) is 0 Å². The number of hydrogen-bond donors (Lipinski definition) is 0. The molecule has 26 heavy (non-hydrogen) atoms. The Morgan fingerprint density at radius 3 is 2.31 bits per heavy atom. The van der Waals surface area contributed by atoms with Crippen LogP contribution in [0.3, 0.4) is 0 Å². The molecular weight excluding hydrogens is 330 g/mol. The van der Waals surface area contributed by atoms with E-state index in [2.05, 4.69) is 0 Å². The van der Waals surface area contributed by atoms with E-state index in [-0.39, 0.29) is 39.9 Å². The van der Waals surface area contributed by atoms with Gasteiger partial charge in [0, 0.05) is 23.2 Å². The van der Waals surface area contributed by atoms with Gasteiger partial charge in [-0.1, -0.05) is 36.4 Å². The minimum atomic E-state index is -0.315. The highest BCUT2D eigenvalue weighted by Crippen LogP contribution is 2.22. The maximum atomic E-state index is 13.2. The summed E-state index contributed by atoms with van der Waals surface area (Å²) in [5.41, 5.74) is 0.635. The van der Waals surface area contributed by atoms with E-state index in [0.717, 1.165) is 0 Å². The van der Waals surface area contributed by atoms with Crippen LogP contribution in [-0.2, 0) is 4.79 Å². The highest BCUT2D eigenvalue weighted by Gasteiger charge is 2.18. The molecular formula is C21H17NO4. The third-order valence-electron chi connectivity index (χ3n) is 4.65. The number of ketones is 1. The third kappa shape index (κ3) is 2.36. The predicted molar refractivity (Wildman–Crippen MR) is 99.6 cm³/mol. The molecule has 1 aliphatic carbocycles. The van der Waals surface area contributed by atoms with Crippen LogP contribution in [0.25, 0.3) is 21.9 Å². The second-order valence-corrected chi connectivity index (χ2v) is 6.58. The van der Waals surface area contributed by atoms with Gasteiger partial charge in [0.2, 0.25) is 16.3 Å². The fourth-order valence-corrected chi connectivity index (χ4v) is 3.59. The monoisotopic (exact) mass is 347 g/mol. The molecule has 0 saturated heterocycles. The Kier molecular flexibility index (Phi) is 3.72. The lowest BCUT2D eigenvalue weighted by molar-refractivity contribution is -0.117. The number of hydrogen-bond acceptors (Lipinski definition) is 4. The first-order valence-electron chi connectivity index (χ1n) is 8.47. The zero-order valence-corrected chi connectivity index (χ0v) is 14.5. The highest BCUT2D eigenvalue weighted by molar-refractivity contribution is 5.82. The molecule has 4 rings (SSSR count). The van der Waals surface area contributed by atoms with Crippen LogP contribution in [0.5, 0.6) is 0 Å². The molecule has 1 aliphatic heterocycles. The minimum Gasteiger partial charge on any atom is -0.449 e. The molecule has 0 spiro atoms. The van der Waals surface area contributed by atoms with Crippen molar-refractivity contribution >= 4 is 27.7 Å². The van der Waals surface area contributed by atoms with E-state index in [9.17, 15) is 14.4 Å². The van der Waals surface area contributed by atoms with Gasteiger partial charge >= 0.3 is 0 Å². The minimum absolute atomic E-state index is 0.0126. The smallest absolute Gasteiger partial charge is 0.231 e. The van der Waals surface area contributed by atoms with E-state index in [4.69, 9.17) is 4.42 Å². The van der Waals surface area contributed by atoms with Crippen molar-refractivity contribution in [3.05, 3.63) is 79.7 Å². The topological polar surface area (TPSA) is 69.3 Å². The van der Waals surface area contributed by atoms with Crippen LogP contribution in [0, 0.1) is 10.8 Å². The van der Waals surface area contributed by atoms with E-state index in [1.165, 1.54) is 6.92 Å². The number of benzene rings is 2. The zero-order valence-electron chi connectivity index (χ0n) is 14.5. The predicted octanol–water partition coefficient (Wildman–Crippen LogP) is 3.37. The van der Waals surface area contributed by atoms with E-state index in [0.29, 0.717) is 21.9 Å². The number of carbonyl (C=O) groups is 1. The van der Waals surface area contributed by atoms with E-state index in [1.54, 1.807) is 41.0 Å². The maximum absolute atomic E-state index is 13.2. The van der Waals surface area contributed by atoms with Gasteiger partial charge in [-0.2, -0.15) is 0 Å². The number of para-hydroxylation sites is 2. The molecule has 1 atom stereocenters. The summed E-state index contributed by atoms with van der Waals surface area (Å²) in [4.78, 5) is 37.8. The lowest BCUT2D eigenvalue weighted by Gasteiger charge is -2.19. The van der Waals surface area contributed by atoms with E-state index in [1.807, 2.05) is 19.1 Å². The molecule has 2 aromatic rings. The number of rotatable bonds is 3. The van der Waals surface area contributed by atoms with Gasteiger partial charge in [-0.05, 0) is 26.0 Å². The largest absolute Gasteiger partial charge is 0.449 e. The van der Waals surface area contributed by atoms with Crippen molar-refractivity contribution in [1.82, 2.24) is 4.57 Å². The number of carbonyl (C=O) groups excluding carboxylic acids is 1. The average molecular weight is 347 g/mol. The summed E-state index contributed by atoms with van der Waals surface area (Å²) in [6.07, 6.45) is 0.258. The molecule has 0 radical (unpaired) electrons. The molecule has 0 saturated carbocycles. The second-order valence-electron chi connectivity index (χ2n) is 6.58. The lowest BCUT2D eigenvalue weighted by Crippen LogP contribution is -2.23. The van der Waals surface area contributed by atoms with Crippen molar-refractivity contribution < 1.29 is 9.21 Å². The van der Waals surface area contributed by atoms with Crippen LogP contribution in [0.4, 0.5) is 0 Å². The third-order valence-corrected chi connectivity index (χ3v) is 4.65. The second kappa shape index (κ2) is 5.95. The standard InChI is InChI=1S/C21H17NO4/c1-12(11-13(2)23)22-16-9-5-6-10-17(16)26-21-18(22)19(24)14-7-3-4-8-15(14)20(21)25/h3-10,12H,11H2,1-2H3. The van der Waals surface area contributed by atoms with Crippen molar-refractivity contribution in [2.24, 2.45) is 0 Å². The van der Waals surface area contributed by atoms with Gasteiger partial charge in [-0.25, -0.2) is 0 Å². The Balaban J connectivity index is 2.34. The Labute approximate surface area is 148 Å². The normalized spacial score (nSPS) is 12.7. The Hall–Kier alpha value is -3.21. The Bertz CT molecular complexity index is 1350. The molecule has 5 nitrogen and oxygen atoms in total. The van der Waals surface area contributed by atoms with E-state index >= 15 is 0 Å². The van der Waals surface area contributed by atoms with Crippen molar-refractivity contribution in [3.8, 4) is 0 Å². The molecule has 1 heterocycles. The molecule has 0 bridgehead atoms. The van der Waals surface area contributed by atoms with Crippen LogP contribution >= 0.6 is 0 Å². The van der Waals surface area contributed by atoms with Gasteiger partial charge in [0.1, 0.15) is 11.1 Å². The molecule has 0 N–H and O–H groups in total. The number of aromatic nitrogens is 1. The summed E-state index contributed by atoms with van der Waals surface area (Å²) in [5.74, 6) is 0.0126. The Morgan fingerprint density at radius 2 is 1.62 bits per heavy atom. The fourth-order valence-electron chi connectivity index (χ4n) is 3.59. The molecule has 1 unspecified atom stereocenters. The molecule has 0 fully saturated rings. The van der Waals surface area contributed by atoms with Gasteiger partial charge in [0.15, 0.2) is 5.58 Å². The van der Waals surface area contributed by atoms with Gasteiger partial charge < -0.3 is 8.98 Å². The van der Waals surface area contributed by atoms with Gasteiger partial charge in [-0.15, -0.1) is 0 Å². The summed E-state index contributed by atoms with van der Waals surface area (Å²) in [7, 11) is 0. The SMILES string of the molecule is CC(=O)CC(C)n1c2c(=O)c3ccccc3c(=O)c=2oc2ccccc21. The van der Waals surface area contributed by atoms with Crippen molar-refractivity contribution in [2.45, 2.75) is 26.3 Å². The van der Waals surface area contributed by atoms with Crippen LogP contribution < -0.4 is 10.9 Å². The molecule has 0 aromatic heterocycles. The summed E-state index contributed by atoms with van der Waals surface area (Å²) >= 11 is 0. The lowest BCUT2D eigenvalue weighted by atomic mass is 10.1. The first kappa shape index (κ1) is 16.3. The molecule has 2 aromatic carbocycles. The van der Waals surface area contributed by atoms with Crippen molar-refractivity contribution in [2.75, 3.05) is 0 Å². The molecule has 2 aliphatic rings. The van der Waals surface area contributed by atoms with Crippen LogP contribution in [0.1, 0.15) is 26.3 Å².